The lowest BCUT2D eigenvalue weighted by atomic mass is 9.97. The van der Waals surface area contributed by atoms with Crippen LogP contribution in [0.15, 0.2) is 22.7 Å². The smallest absolute Gasteiger partial charge is 0.227 e. The molecule has 3 nitrogen and oxygen atoms in total. The number of hydrogen-bond acceptors (Lipinski definition) is 2. The van der Waals surface area contributed by atoms with Gasteiger partial charge in [-0.3, -0.25) is 4.79 Å². The third kappa shape index (κ3) is 3.50. The van der Waals surface area contributed by atoms with Gasteiger partial charge in [0.25, 0.3) is 0 Å². The molecule has 0 aromatic heterocycles. The molecule has 2 N–H and O–H groups in total. The summed E-state index contributed by atoms with van der Waals surface area (Å²) in [5, 5.41) is 0. The van der Waals surface area contributed by atoms with E-state index in [1.807, 2.05) is 30.9 Å². The minimum absolute atomic E-state index is 0. The zero-order chi connectivity index (χ0) is 13.3. The van der Waals surface area contributed by atoms with Crippen molar-refractivity contribution in [1.82, 2.24) is 4.90 Å². The second-order valence-electron chi connectivity index (χ2n) is 5.04. The Bertz CT molecular complexity index is 465. The minimum Gasteiger partial charge on any atom is -0.338 e. The molecule has 1 aromatic carbocycles. The van der Waals surface area contributed by atoms with Crippen molar-refractivity contribution in [2.75, 3.05) is 6.54 Å². The first-order valence-electron chi connectivity index (χ1n) is 6.31. The molecule has 0 radical (unpaired) electrons. The molecule has 0 fully saturated rings. The third-order valence-electron chi connectivity index (χ3n) is 3.71. The number of halogens is 2. The summed E-state index contributed by atoms with van der Waals surface area (Å²) in [4.78, 5) is 14.2. The molecule has 0 saturated carbocycles. The average molecular weight is 348 g/mol. The summed E-state index contributed by atoms with van der Waals surface area (Å²) in [6, 6.07) is 6.11. The molecule has 0 saturated heterocycles. The summed E-state index contributed by atoms with van der Waals surface area (Å²) in [5.74, 6) is 0.0421. The van der Waals surface area contributed by atoms with Crippen LogP contribution in [0.5, 0.6) is 0 Å². The fourth-order valence-electron chi connectivity index (χ4n) is 2.24. The normalized spacial score (nSPS) is 17.2. The molecule has 2 atom stereocenters. The molecule has 1 aliphatic rings. The topological polar surface area (TPSA) is 46.3 Å². The highest BCUT2D eigenvalue weighted by atomic mass is 79.9. The molecule has 0 spiro atoms. The lowest BCUT2D eigenvalue weighted by Gasteiger charge is -2.32. The molecule has 106 valence electrons. The van der Waals surface area contributed by atoms with Crippen LogP contribution in [0, 0.1) is 5.92 Å². The van der Waals surface area contributed by atoms with Crippen LogP contribution in [0.4, 0.5) is 0 Å². The van der Waals surface area contributed by atoms with E-state index in [1.165, 1.54) is 11.1 Å². The van der Waals surface area contributed by atoms with Crippen molar-refractivity contribution in [2.45, 2.75) is 32.9 Å². The highest BCUT2D eigenvalue weighted by molar-refractivity contribution is 9.10. The highest BCUT2D eigenvalue weighted by Gasteiger charge is 2.27. The van der Waals surface area contributed by atoms with Crippen LogP contribution in [0.25, 0.3) is 0 Å². The Labute approximate surface area is 129 Å². The van der Waals surface area contributed by atoms with Crippen LogP contribution in [0.1, 0.15) is 25.0 Å². The number of rotatable bonds is 2. The third-order valence-corrected chi connectivity index (χ3v) is 4.45. The van der Waals surface area contributed by atoms with Gasteiger partial charge in [0.1, 0.15) is 0 Å². The monoisotopic (exact) mass is 346 g/mol. The molecule has 0 aliphatic carbocycles. The molecule has 1 heterocycles. The summed E-state index contributed by atoms with van der Waals surface area (Å²) < 4.78 is 1.09. The van der Waals surface area contributed by atoms with Gasteiger partial charge in [0.05, 0.1) is 5.92 Å². The zero-order valence-electron chi connectivity index (χ0n) is 11.2. The van der Waals surface area contributed by atoms with E-state index < -0.39 is 0 Å². The van der Waals surface area contributed by atoms with E-state index in [4.69, 9.17) is 5.73 Å². The Kier molecular flexibility index (Phi) is 5.83. The van der Waals surface area contributed by atoms with E-state index >= 15 is 0 Å². The van der Waals surface area contributed by atoms with Gasteiger partial charge in [0, 0.05) is 23.6 Å². The van der Waals surface area contributed by atoms with Gasteiger partial charge in [-0.25, -0.2) is 0 Å². The summed E-state index contributed by atoms with van der Waals surface area (Å²) >= 11 is 3.56. The Morgan fingerprint density at radius 1 is 1.42 bits per heavy atom. The molecule has 2 unspecified atom stereocenters. The van der Waals surface area contributed by atoms with E-state index in [1.54, 1.807) is 0 Å². The number of carbonyl (C=O) groups is 1. The maximum Gasteiger partial charge on any atom is 0.227 e. The Hall–Kier alpha value is -0.580. The molecule has 0 bridgehead atoms. The van der Waals surface area contributed by atoms with E-state index in [9.17, 15) is 4.79 Å². The van der Waals surface area contributed by atoms with Crippen molar-refractivity contribution in [2.24, 2.45) is 11.7 Å². The standard InChI is InChI=1S/C14H19BrN2O.ClH/c1-9(10(2)16)14(18)17-7-6-11-4-3-5-13(15)12(11)8-17;/h3-5,9-10H,6-8,16H2,1-2H3;1H. The fourth-order valence-corrected chi connectivity index (χ4v) is 2.77. The second kappa shape index (κ2) is 6.73. The maximum atomic E-state index is 12.3. The summed E-state index contributed by atoms with van der Waals surface area (Å²) in [6.07, 6.45) is 0.923. The summed E-state index contributed by atoms with van der Waals surface area (Å²) in [6.45, 7) is 5.27. The summed E-state index contributed by atoms with van der Waals surface area (Å²) in [5.41, 5.74) is 8.38. The first-order valence-corrected chi connectivity index (χ1v) is 7.10. The van der Waals surface area contributed by atoms with Gasteiger partial charge >= 0.3 is 0 Å². The number of amides is 1. The SMILES string of the molecule is CC(N)C(C)C(=O)N1CCc2cccc(Br)c2C1.Cl. The Balaban J connectivity index is 0.00000180. The van der Waals surface area contributed by atoms with Crippen LogP contribution in [0.2, 0.25) is 0 Å². The van der Waals surface area contributed by atoms with Crippen LogP contribution >= 0.6 is 28.3 Å². The molecular weight excluding hydrogens is 328 g/mol. The molecule has 1 aromatic rings. The molecule has 1 amide bonds. The highest BCUT2D eigenvalue weighted by Crippen LogP contribution is 2.27. The first kappa shape index (κ1) is 16.5. The van der Waals surface area contributed by atoms with E-state index in [0.29, 0.717) is 6.54 Å². The predicted molar refractivity (Wildman–Crippen MR) is 83.3 cm³/mol. The number of fused-ring (bicyclic) bond motifs is 1. The van der Waals surface area contributed by atoms with Crippen LogP contribution in [0.3, 0.4) is 0 Å². The van der Waals surface area contributed by atoms with Gasteiger partial charge in [0.2, 0.25) is 5.91 Å². The Morgan fingerprint density at radius 3 is 2.74 bits per heavy atom. The Morgan fingerprint density at radius 2 is 2.11 bits per heavy atom. The predicted octanol–water partition coefficient (Wildman–Crippen LogP) is 2.74. The van der Waals surface area contributed by atoms with Gasteiger partial charge in [-0.1, -0.05) is 35.0 Å². The van der Waals surface area contributed by atoms with Crippen LogP contribution < -0.4 is 5.73 Å². The van der Waals surface area contributed by atoms with E-state index in [-0.39, 0.29) is 30.3 Å². The lowest BCUT2D eigenvalue weighted by molar-refractivity contribution is -0.136. The largest absolute Gasteiger partial charge is 0.338 e. The van der Waals surface area contributed by atoms with Crippen molar-refractivity contribution >= 4 is 34.2 Å². The number of carbonyl (C=O) groups excluding carboxylic acids is 1. The van der Waals surface area contributed by atoms with E-state index in [2.05, 4.69) is 22.0 Å². The van der Waals surface area contributed by atoms with Gasteiger partial charge in [0.15, 0.2) is 0 Å². The number of benzene rings is 1. The molecule has 5 heteroatoms. The van der Waals surface area contributed by atoms with Gasteiger partial charge in [-0.15, -0.1) is 12.4 Å². The van der Waals surface area contributed by atoms with Crippen molar-refractivity contribution in [3.05, 3.63) is 33.8 Å². The van der Waals surface area contributed by atoms with Crippen LogP contribution in [-0.4, -0.2) is 23.4 Å². The molecular formula is C14H20BrClN2O. The number of nitrogens with zero attached hydrogens (tertiary/aromatic N) is 1. The van der Waals surface area contributed by atoms with Crippen molar-refractivity contribution in [3.63, 3.8) is 0 Å². The van der Waals surface area contributed by atoms with Crippen molar-refractivity contribution < 1.29 is 4.79 Å². The molecule has 1 aliphatic heterocycles. The van der Waals surface area contributed by atoms with Gasteiger partial charge in [-0.05, 0) is 30.5 Å². The molecule has 2 rings (SSSR count). The van der Waals surface area contributed by atoms with E-state index in [0.717, 1.165) is 17.4 Å². The van der Waals surface area contributed by atoms with Gasteiger partial charge < -0.3 is 10.6 Å². The van der Waals surface area contributed by atoms with Crippen molar-refractivity contribution in [3.8, 4) is 0 Å². The first-order chi connectivity index (χ1) is 8.50. The van der Waals surface area contributed by atoms with Crippen molar-refractivity contribution in [1.29, 1.82) is 0 Å². The summed E-state index contributed by atoms with van der Waals surface area (Å²) in [7, 11) is 0. The zero-order valence-corrected chi connectivity index (χ0v) is 13.6. The minimum atomic E-state index is -0.117. The maximum absolute atomic E-state index is 12.3. The fraction of sp³-hybridized carbons (Fsp3) is 0.500. The lowest BCUT2D eigenvalue weighted by Crippen LogP contribution is -2.43. The quantitative estimate of drug-likeness (QED) is 0.894. The molecule has 19 heavy (non-hydrogen) atoms. The second-order valence-corrected chi connectivity index (χ2v) is 5.89. The van der Waals surface area contributed by atoms with Crippen LogP contribution in [-0.2, 0) is 17.8 Å². The number of hydrogen-bond donors (Lipinski definition) is 1. The average Bonchev–Trinajstić information content (AvgIpc) is 2.37. The number of nitrogens with two attached hydrogens (primary N) is 1. The van der Waals surface area contributed by atoms with Gasteiger partial charge in [-0.2, -0.15) is 0 Å².